The highest BCUT2D eigenvalue weighted by molar-refractivity contribution is 5.78. The first kappa shape index (κ1) is 12.5. The minimum atomic E-state index is -0.0744. The third-order valence-electron chi connectivity index (χ3n) is 3.24. The fraction of sp³-hybridized carbons (Fsp3) is 0.909. The minimum Gasteiger partial charge on any atom is -0.376 e. The smallest absolute Gasteiger partial charge is 0.224 e. The van der Waals surface area contributed by atoms with Crippen LogP contribution in [-0.4, -0.2) is 38.8 Å². The van der Waals surface area contributed by atoms with Crippen LogP contribution in [0.25, 0.3) is 0 Å². The third-order valence-corrected chi connectivity index (χ3v) is 3.24. The summed E-state index contributed by atoms with van der Waals surface area (Å²) in [6, 6.07) is 0. The van der Waals surface area contributed by atoms with Crippen LogP contribution < -0.4 is 10.6 Å². The van der Waals surface area contributed by atoms with Crippen LogP contribution in [0.15, 0.2) is 0 Å². The summed E-state index contributed by atoms with van der Waals surface area (Å²) in [5.74, 6) is 0.122. The number of hydrogen-bond acceptors (Lipinski definition) is 3. The fourth-order valence-electron chi connectivity index (χ4n) is 1.85. The van der Waals surface area contributed by atoms with E-state index in [0.717, 1.165) is 12.8 Å². The second-order valence-corrected chi connectivity index (χ2v) is 4.42. The van der Waals surface area contributed by atoms with Gasteiger partial charge in [-0.2, -0.15) is 0 Å². The van der Waals surface area contributed by atoms with Gasteiger partial charge in [0.25, 0.3) is 0 Å². The number of carbonyl (C=O) groups is 1. The van der Waals surface area contributed by atoms with E-state index in [1.165, 1.54) is 6.42 Å². The topological polar surface area (TPSA) is 50.4 Å². The molecule has 88 valence electrons. The Kier molecular flexibility index (Phi) is 4.54. The summed E-state index contributed by atoms with van der Waals surface area (Å²) in [6.07, 6.45) is 3.32. The lowest BCUT2D eigenvalue weighted by molar-refractivity contribution is -0.128. The number of rotatable bonds is 6. The Bertz CT molecular complexity index is 209. The molecule has 1 fully saturated rings. The van der Waals surface area contributed by atoms with E-state index >= 15 is 0 Å². The Morgan fingerprint density at radius 3 is 2.60 bits per heavy atom. The van der Waals surface area contributed by atoms with Gasteiger partial charge in [0.2, 0.25) is 5.91 Å². The Morgan fingerprint density at radius 1 is 1.53 bits per heavy atom. The lowest BCUT2D eigenvalue weighted by Gasteiger charge is -2.40. The van der Waals surface area contributed by atoms with E-state index in [1.54, 1.807) is 7.11 Å². The van der Waals surface area contributed by atoms with Crippen LogP contribution in [0.5, 0.6) is 0 Å². The summed E-state index contributed by atoms with van der Waals surface area (Å²) in [6.45, 7) is 3.29. The molecule has 4 nitrogen and oxygen atoms in total. The van der Waals surface area contributed by atoms with Gasteiger partial charge in [-0.3, -0.25) is 4.79 Å². The van der Waals surface area contributed by atoms with Crippen molar-refractivity contribution in [3.63, 3.8) is 0 Å². The monoisotopic (exact) mass is 214 g/mol. The van der Waals surface area contributed by atoms with E-state index in [4.69, 9.17) is 4.74 Å². The van der Waals surface area contributed by atoms with Gasteiger partial charge < -0.3 is 15.4 Å². The van der Waals surface area contributed by atoms with E-state index < -0.39 is 0 Å². The van der Waals surface area contributed by atoms with Crippen molar-refractivity contribution in [2.75, 3.05) is 27.2 Å². The van der Waals surface area contributed by atoms with Crippen LogP contribution >= 0.6 is 0 Å². The highest BCUT2D eigenvalue weighted by Crippen LogP contribution is 2.34. The van der Waals surface area contributed by atoms with Gasteiger partial charge in [-0.05, 0) is 26.3 Å². The second-order valence-electron chi connectivity index (χ2n) is 4.42. The molecule has 1 amide bonds. The maximum Gasteiger partial charge on any atom is 0.224 e. The van der Waals surface area contributed by atoms with Gasteiger partial charge in [-0.1, -0.05) is 6.92 Å². The molecule has 0 spiro atoms. The molecule has 1 aliphatic rings. The molecule has 0 aromatic rings. The second kappa shape index (κ2) is 5.47. The molecule has 1 unspecified atom stereocenters. The number of hydrogen-bond donors (Lipinski definition) is 2. The lowest BCUT2D eigenvalue weighted by Crippen LogP contribution is -2.50. The Hall–Kier alpha value is -0.610. The van der Waals surface area contributed by atoms with Crippen molar-refractivity contribution in [1.29, 1.82) is 0 Å². The Balaban J connectivity index is 2.26. The minimum absolute atomic E-state index is 0.0176. The number of carbonyl (C=O) groups excluding carboxylic acids is 1. The first-order valence-corrected chi connectivity index (χ1v) is 5.61. The zero-order valence-electron chi connectivity index (χ0n) is 9.93. The SMILES string of the molecule is CNCC(C)C(=O)NCC1(OC)CCC1. The Morgan fingerprint density at radius 2 is 2.20 bits per heavy atom. The molecule has 1 atom stereocenters. The molecule has 0 bridgehead atoms. The maximum atomic E-state index is 11.6. The van der Waals surface area contributed by atoms with E-state index in [1.807, 2.05) is 14.0 Å². The standard InChI is InChI=1S/C11H22N2O2/c1-9(7-12-2)10(14)13-8-11(15-3)5-4-6-11/h9,12H,4-8H2,1-3H3,(H,13,14). The Labute approximate surface area is 91.8 Å². The zero-order chi connectivity index (χ0) is 11.3. The summed E-state index contributed by atoms with van der Waals surface area (Å²) in [5.41, 5.74) is -0.0744. The van der Waals surface area contributed by atoms with E-state index in [0.29, 0.717) is 13.1 Å². The normalized spacial score (nSPS) is 20.5. The first-order valence-electron chi connectivity index (χ1n) is 5.61. The highest BCUT2D eigenvalue weighted by Gasteiger charge is 2.37. The average molecular weight is 214 g/mol. The molecule has 0 aromatic carbocycles. The molecule has 0 aliphatic heterocycles. The van der Waals surface area contributed by atoms with Gasteiger partial charge in [0.15, 0.2) is 0 Å². The molecule has 0 aromatic heterocycles. The zero-order valence-corrected chi connectivity index (χ0v) is 9.93. The first-order chi connectivity index (χ1) is 7.13. The predicted molar refractivity (Wildman–Crippen MR) is 59.7 cm³/mol. The van der Waals surface area contributed by atoms with Crippen molar-refractivity contribution in [2.24, 2.45) is 5.92 Å². The predicted octanol–water partition coefficient (Wildman–Crippen LogP) is 0.527. The van der Waals surface area contributed by atoms with Crippen LogP contribution in [0.1, 0.15) is 26.2 Å². The van der Waals surface area contributed by atoms with Crippen LogP contribution in [0.4, 0.5) is 0 Å². The molecule has 1 aliphatic carbocycles. The number of methoxy groups -OCH3 is 1. The van der Waals surface area contributed by atoms with Gasteiger partial charge in [-0.15, -0.1) is 0 Å². The van der Waals surface area contributed by atoms with Crippen molar-refractivity contribution < 1.29 is 9.53 Å². The largest absolute Gasteiger partial charge is 0.376 e. The maximum absolute atomic E-state index is 11.6. The summed E-state index contributed by atoms with van der Waals surface area (Å²) >= 11 is 0. The van der Waals surface area contributed by atoms with E-state index in [9.17, 15) is 4.79 Å². The van der Waals surface area contributed by atoms with E-state index in [-0.39, 0.29) is 17.4 Å². The van der Waals surface area contributed by atoms with Crippen molar-refractivity contribution in [3.05, 3.63) is 0 Å². The van der Waals surface area contributed by atoms with Crippen molar-refractivity contribution in [3.8, 4) is 0 Å². The fourth-order valence-corrected chi connectivity index (χ4v) is 1.85. The molecule has 1 saturated carbocycles. The molecule has 0 saturated heterocycles. The number of ether oxygens (including phenoxy) is 1. The number of nitrogens with one attached hydrogen (secondary N) is 2. The summed E-state index contributed by atoms with van der Waals surface area (Å²) in [4.78, 5) is 11.6. The van der Waals surface area contributed by atoms with Crippen LogP contribution in [0.2, 0.25) is 0 Å². The molecule has 0 heterocycles. The van der Waals surface area contributed by atoms with Crippen molar-refractivity contribution >= 4 is 5.91 Å². The summed E-state index contributed by atoms with van der Waals surface area (Å²) in [7, 11) is 3.58. The highest BCUT2D eigenvalue weighted by atomic mass is 16.5. The summed E-state index contributed by atoms with van der Waals surface area (Å²) in [5, 5.41) is 5.95. The third kappa shape index (κ3) is 3.18. The van der Waals surface area contributed by atoms with Crippen LogP contribution in [0.3, 0.4) is 0 Å². The van der Waals surface area contributed by atoms with Gasteiger partial charge in [-0.25, -0.2) is 0 Å². The van der Waals surface area contributed by atoms with Crippen LogP contribution in [-0.2, 0) is 9.53 Å². The molecule has 4 heteroatoms. The van der Waals surface area contributed by atoms with Gasteiger partial charge in [0.1, 0.15) is 0 Å². The molecular formula is C11H22N2O2. The van der Waals surface area contributed by atoms with Crippen LogP contribution in [0, 0.1) is 5.92 Å². The summed E-state index contributed by atoms with van der Waals surface area (Å²) < 4.78 is 5.43. The molecular weight excluding hydrogens is 192 g/mol. The number of amides is 1. The molecule has 15 heavy (non-hydrogen) atoms. The quantitative estimate of drug-likeness (QED) is 0.678. The molecule has 0 radical (unpaired) electrons. The van der Waals surface area contributed by atoms with Gasteiger partial charge in [0, 0.05) is 26.1 Å². The van der Waals surface area contributed by atoms with Gasteiger partial charge in [0.05, 0.1) is 5.60 Å². The van der Waals surface area contributed by atoms with Crippen molar-refractivity contribution in [2.45, 2.75) is 31.8 Å². The molecule has 2 N–H and O–H groups in total. The van der Waals surface area contributed by atoms with E-state index in [2.05, 4.69) is 10.6 Å². The van der Waals surface area contributed by atoms with Crippen molar-refractivity contribution in [1.82, 2.24) is 10.6 Å². The van der Waals surface area contributed by atoms with Gasteiger partial charge >= 0.3 is 0 Å². The average Bonchev–Trinajstić information content (AvgIpc) is 2.17. The molecule has 1 rings (SSSR count). The lowest BCUT2D eigenvalue weighted by atomic mass is 9.80.